The van der Waals surface area contributed by atoms with Crippen LogP contribution in [0.3, 0.4) is 0 Å². The molecule has 1 atom stereocenters. The van der Waals surface area contributed by atoms with Crippen LogP contribution in [0.2, 0.25) is 0 Å². The number of benzene rings is 1. The molecule has 8 heteroatoms. The van der Waals surface area contributed by atoms with Crippen molar-refractivity contribution in [1.82, 2.24) is 9.88 Å². The Kier molecular flexibility index (Phi) is 5.75. The fraction of sp³-hybridized carbons (Fsp3) is 0.333. The number of aliphatic hydroxyl groups excluding tert-OH is 1. The number of halogens is 2. The minimum Gasteiger partial charge on any atom is -0.389 e. The number of likely N-dealkylation sites (N-methyl/N-ethyl adjacent to an activating group) is 1. The Hall–Kier alpha value is -1.90. The van der Waals surface area contributed by atoms with Crippen LogP contribution in [0.5, 0.6) is 0 Å². The van der Waals surface area contributed by atoms with Crippen molar-refractivity contribution in [2.24, 2.45) is 0 Å². The number of nitrogens with zero attached hydrogens (tertiary/aromatic N) is 2. The Morgan fingerprint density at radius 1 is 1.43 bits per heavy atom. The molecule has 5 nitrogen and oxygen atoms in total. The molecule has 0 saturated heterocycles. The van der Waals surface area contributed by atoms with E-state index in [0.717, 1.165) is 23.5 Å². The highest BCUT2D eigenvalue weighted by atomic mass is 32.1. The van der Waals surface area contributed by atoms with E-state index in [1.165, 1.54) is 30.5 Å². The molecule has 0 bridgehead atoms. The number of ether oxygens (including phenoxy) is 1. The molecule has 0 aliphatic rings. The number of aliphatic hydroxyl groups is 1. The number of thiazole rings is 1. The molecular formula is C15H16F2N2O3S. The zero-order valence-electron chi connectivity index (χ0n) is 12.6. The number of rotatable bonds is 6. The molecule has 1 aromatic heterocycles. The molecule has 0 radical (unpaired) electrons. The van der Waals surface area contributed by atoms with E-state index in [-0.39, 0.29) is 24.8 Å². The molecule has 0 aliphatic carbocycles. The van der Waals surface area contributed by atoms with Gasteiger partial charge in [-0.15, -0.1) is 11.3 Å². The second-order valence-corrected chi connectivity index (χ2v) is 5.82. The fourth-order valence-electron chi connectivity index (χ4n) is 1.97. The van der Waals surface area contributed by atoms with Gasteiger partial charge in [0, 0.05) is 31.6 Å². The maximum Gasteiger partial charge on any atom is 0.273 e. The molecule has 23 heavy (non-hydrogen) atoms. The summed E-state index contributed by atoms with van der Waals surface area (Å²) in [4.78, 5) is 17.7. The normalized spacial score (nSPS) is 12.2. The molecule has 0 spiro atoms. The van der Waals surface area contributed by atoms with Crippen LogP contribution < -0.4 is 0 Å². The number of carbonyl (C=O) groups is 1. The van der Waals surface area contributed by atoms with Gasteiger partial charge >= 0.3 is 0 Å². The molecule has 0 saturated carbocycles. The first-order valence-corrected chi connectivity index (χ1v) is 7.63. The Balaban J connectivity index is 2.11. The number of carbonyl (C=O) groups excluding carboxylic acids is 1. The van der Waals surface area contributed by atoms with Gasteiger partial charge in [-0.2, -0.15) is 0 Å². The van der Waals surface area contributed by atoms with Crippen molar-refractivity contribution in [2.75, 3.05) is 27.3 Å². The van der Waals surface area contributed by atoms with Gasteiger partial charge in [-0.1, -0.05) is 0 Å². The molecule has 0 aliphatic heterocycles. The number of amides is 1. The number of hydrogen-bond acceptors (Lipinski definition) is 5. The summed E-state index contributed by atoms with van der Waals surface area (Å²) in [6, 6.07) is 3.45. The van der Waals surface area contributed by atoms with Crippen molar-refractivity contribution in [3.05, 3.63) is 40.9 Å². The van der Waals surface area contributed by atoms with Crippen molar-refractivity contribution in [3.8, 4) is 10.6 Å². The Morgan fingerprint density at radius 2 is 2.17 bits per heavy atom. The van der Waals surface area contributed by atoms with Crippen LogP contribution in [-0.2, 0) is 4.74 Å². The van der Waals surface area contributed by atoms with Gasteiger partial charge in [0.25, 0.3) is 5.91 Å². The number of hydrogen-bond donors (Lipinski definition) is 1. The van der Waals surface area contributed by atoms with E-state index in [4.69, 9.17) is 4.74 Å². The van der Waals surface area contributed by atoms with E-state index in [0.29, 0.717) is 10.6 Å². The van der Waals surface area contributed by atoms with Gasteiger partial charge in [0.05, 0.1) is 12.7 Å². The zero-order chi connectivity index (χ0) is 17.0. The van der Waals surface area contributed by atoms with Crippen LogP contribution in [-0.4, -0.2) is 54.3 Å². The van der Waals surface area contributed by atoms with E-state index in [1.807, 2.05) is 0 Å². The highest BCUT2D eigenvalue weighted by Gasteiger charge is 2.19. The monoisotopic (exact) mass is 342 g/mol. The molecule has 0 fully saturated rings. The highest BCUT2D eigenvalue weighted by molar-refractivity contribution is 7.13. The van der Waals surface area contributed by atoms with Crippen LogP contribution in [0, 0.1) is 11.6 Å². The number of aromatic nitrogens is 1. The van der Waals surface area contributed by atoms with Gasteiger partial charge in [0.15, 0.2) is 11.6 Å². The van der Waals surface area contributed by atoms with Crippen LogP contribution in [0.25, 0.3) is 10.6 Å². The molecular weight excluding hydrogens is 326 g/mol. The maximum absolute atomic E-state index is 13.3. The van der Waals surface area contributed by atoms with Gasteiger partial charge in [0.1, 0.15) is 10.7 Å². The van der Waals surface area contributed by atoms with Gasteiger partial charge in [-0.25, -0.2) is 13.8 Å². The van der Waals surface area contributed by atoms with Crippen molar-refractivity contribution in [1.29, 1.82) is 0 Å². The van der Waals surface area contributed by atoms with Crippen LogP contribution >= 0.6 is 11.3 Å². The smallest absolute Gasteiger partial charge is 0.273 e. The average Bonchev–Trinajstić information content (AvgIpc) is 2.99. The quantitative estimate of drug-likeness (QED) is 0.874. The van der Waals surface area contributed by atoms with E-state index >= 15 is 0 Å². The Bertz CT molecular complexity index is 693. The minimum atomic E-state index is -0.967. The molecule has 1 aromatic carbocycles. The summed E-state index contributed by atoms with van der Waals surface area (Å²) in [5, 5.41) is 11.6. The summed E-state index contributed by atoms with van der Waals surface area (Å²) in [5.74, 6) is -2.27. The van der Waals surface area contributed by atoms with E-state index in [1.54, 1.807) is 0 Å². The van der Waals surface area contributed by atoms with Crippen LogP contribution in [0.15, 0.2) is 23.6 Å². The van der Waals surface area contributed by atoms with Gasteiger partial charge in [-0.05, 0) is 18.2 Å². The standard InChI is InChI=1S/C15H16F2N2O3S/c1-19(6-10(20)7-22-2)15(21)13-8-23-14(18-13)9-3-4-11(16)12(17)5-9/h3-5,8,10,20H,6-7H2,1-2H3/t10-/m0/s1. The topological polar surface area (TPSA) is 62.7 Å². The second-order valence-electron chi connectivity index (χ2n) is 4.96. The first-order valence-electron chi connectivity index (χ1n) is 6.75. The van der Waals surface area contributed by atoms with Gasteiger partial charge in [0.2, 0.25) is 0 Å². The highest BCUT2D eigenvalue weighted by Crippen LogP contribution is 2.25. The van der Waals surface area contributed by atoms with E-state index < -0.39 is 17.7 Å². The number of methoxy groups -OCH3 is 1. The summed E-state index contributed by atoms with van der Waals surface area (Å²) in [6.07, 6.45) is -0.793. The molecule has 1 amide bonds. The SMILES string of the molecule is COC[C@@H](O)CN(C)C(=O)c1csc(-c2ccc(F)c(F)c2)n1. The molecule has 2 aromatic rings. The lowest BCUT2D eigenvalue weighted by atomic mass is 10.2. The average molecular weight is 342 g/mol. The van der Waals surface area contributed by atoms with Gasteiger partial charge in [-0.3, -0.25) is 4.79 Å². The summed E-state index contributed by atoms with van der Waals surface area (Å²) in [6.45, 7) is 0.222. The van der Waals surface area contributed by atoms with Crippen LogP contribution in [0.4, 0.5) is 8.78 Å². The van der Waals surface area contributed by atoms with Gasteiger partial charge < -0.3 is 14.7 Å². The molecule has 1 heterocycles. The summed E-state index contributed by atoms with van der Waals surface area (Å²) < 4.78 is 31.0. The van der Waals surface area contributed by atoms with Crippen molar-refractivity contribution in [3.63, 3.8) is 0 Å². The second kappa shape index (κ2) is 7.58. The van der Waals surface area contributed by atoms with Crippen molar-refractivity contribution >= 4 is 17.2 Å². The lowest BCUT2D eigenvalue weighted by molar-refractivity contribution is 0.0378. The molecule has 2 rings (SSSR count). The van der Waals surface area contributed by atoms with E-state index in [9.17, 15) is 18.7 Å². The lowest BCUT2D eigenvalue weighted by Crippen LogP contribution is -2.36. The first-order chi connectivity index (χ1) is 10.9. The Morgan fingerprint density at radius 3 is 2.83 bits per heavy atom. The predicted molar refractivity (Wildman–Crippen MR) is 82.3 cm³/mol. The summed E-state index contributed by atoms with van der Waals surface area (Å²) >= 11 is 1.16. The largest absolute Gasteiger partial charge is 0.389 e. The summed E-state index contributed by atoms with van der Waals surface area (Å²) in [5.41, 5.74) is 0.580. The summed E-state index contributed by atoms with van der Waals surface area (Å²) in [7, 11) is 3.00. The zero-order valence-corrected chi connectivity index (χ0v) is 13.4. The van der Waals surface area contributed by atoms with E-state index in [2.05, 4.69) is 4.98 Å². The first kappa shape index (κ1) is 17.5. The lowest BCUT2D eigenvalue weighted by Gasteiger charge is -2.19. The minimum absolute atomic E-state index is 0.102. The predicted octanol–water partition coefficient (Wildman–Crippen LogP) is 2.17. The molecule has 124 valence electrons. The van der Waals surface area contributed by atoms with Crippen molar-refractivity contribution in [2.45, 2.75) is 6.10 Å². The Labute approximate surface area is 136 Å². The third-order valence-corrected chi connectivity index (χ3v) is 3.97. The third-order valence-electron chi connectivity index (χ3n) is 3.08. The molecule has 1 N–H and O–H groups in total. The van der Waals surface area contributed by atoms with Crippen molar-refractivity contribution < 1.29 is 23.4 Å². The maximum atomic E-state index is 13.3. The third kappa shape index (κ3) is 4.31. The fourth-order valence-corrected chi connectivity index (χ4v) is 2.76. The molecule has 0 unspecified atom stereocenters. The van der Waals surface area contributed by atoms with Crippen LogP contribution in [0.1, 0.15) is 10.5 Å².